The molecule has 0 fully saturated rings. The van der Waals surface area contributed by atoms with Gasteiger partial charge in [0.2, 0.25) is 0 Å². The zero-order chi connectivity index (χ0) is 5.28. The average molecular weight is 99.1 g/mol. The minimum atomic E-state index is -0.259. The lowest BCUT2D eigenvalue weighted by atomic mass is 9.92. The third-order valence-corrected chi connectivity index (χ3v) is 1.27. The summed E-state index contributed by atoms with van der Waals surface area (Å²) in [6.07, 6.45) is 3.41. The first-order chi connectivity index (χ1) is 3.34. The second-order valence-corrected chi connectivity index (χ2v) is 1.78. The second kappa shape index (κ2) is 1.64. The summed E-state index contributed by atoms with van der Waals surface area (Å²) in [6, 6.07) is 0. The van der Waals surface area contributed by atoms with E-state index in [0.29, 0.717) is 6.54 Å². The number of rotatable bonds is 1. The molecule has 0 saturated carbocycles. The summed E-state index contributed by atoms with van der Waals surface area (Å²) in [6.45, 7) is 0.567. The highest BCUT2D eigenvalue weighted by molar-refractivity contribution is 5.10. The van der Waals surface area contributed by atoms with Crippen LogP contribution >= 0.6 is 0 Å². The molecule has 0 saturated heterocycles. The molecule has 0 amide bonds. The summed E-state index contributed by atoms with van der Waals surface area (Å²) in [5.74, 6) is 0.236. The molecule has 3 N–H and O–H groups in total. The molecule has 2 unspecified atom stereocenters. The Morgan fingerprint density at radius 2 is 2.29 bits per heavy atom. The van der Waals surface area contributed by atoms with Crippen molar-refractivity contribution in [3.63, 3.8) is 0 Å². The minimum Gasteiger partial charge on any atom is -0.388 e. The number of aliphatic hydroxyl groups is 1. The second-order valence-electron chi connectivity index (χ2n) is 1.78. The molecule has 0 aromatic heterocycles. The lowest BCUT2D eigenvalue weighted by Crippen LogP contribution is -2.30. The highest BCUT2D eigenvalue weighted by atomic mass is 16.3. The van der Waals surface area contributed by atoms with Gasteiger partial charge < -0.3 is 10.8 Å². The number of aliphatic hydroxyl groups excluding tert-OH is 1. The summed E-state index contributed by atoms with van der Waals surface area (Å²) in [7, 11) is 0. The van der Waals surface area contributed by atoms with Gasteiger partial charge >= 0.3 is 0 Å². The van der Waals surface area contributed by atoms with E-state index in [-0.39, 0.29) is 12.0 Å². The van der Waals surface area contributed by atoms with Crippen LogP contribution in [0.15, 0.2) is 12.2 Å². The standard InChI is InChI=1S/C5H9NO/c6-3-4-1-2-5(4)7/h1-2,4-5,7H,3,6H2. The zero-order valence-electron chi connectivity index (χ0n) is 4.04. The van der Waals surface area contributed by atoms with Crippen LogP contribution in [0.5, 0.6) is 0 Å². The molecule has 0 aromatic rings. The quantitative estimate of drug-likeness (QED) is 0.435. The van der Waals surface area contributed by atoms with E-state index >= 15 is 0 Å². The Balaban J connectivity index is 2.33. The SMILES string of the molecule is NCC1C=CC1O. The molecule has 1 aliphatic rings. The topological polar surface area (TPSA) is 46.2 Å². The summed E-state index contributed by atoms with van der Waals surface area (Å²) in [5, 5.41) is 8.74. The average Bonchev–Trinajstić information content (AvgIpc) is 1.65. The van der Waals surface area contributed by atoms with Crippen LogP contribution in [0.25, 0.3) is 0 Å². The van der Waals surface area contributed by atoms with Gasteiger partial charge in [0.25, 0.3) is 0 Å². The number of hydrogen-bond donors (Lipinski definition) is 2. The highest BCUT2D eigenvalue weighted by Crippen LogP contribution is 2.14. The fourth-order valence-electron chi connectivity index (χ4n) is 0.586. The van der Waals surface area contributed by atoms with Crippen molar-refractivity contribution in [1.82, 2.24) is 0 Å². The van der Waals surface area contributed by atoms with Gasteiger partial charge in [0.15, 0.2) is 0 Å². The number of nitrogens with two attached hydrogens (primary N) is 1. The largest absolute Gasteiger partial charge is 0.388 e. The van der Waals surface area contributed by atoms with E-state index in [0.717, 1.165) is 0 Å². The fraction of sp³-hybridized carbons (Fsp3) is 0.600. The summed E-state index contributed by atoms with van der Waals surface area (Å²) in [4.78, 5) is 0. The van der Waals surface area contributed by atoms with E-state index in [1.54, 1.807) is 6.08 Å². The van der Waals surface area contributed by atoms with Crippen molar-refractivity contribution in [2.45, 2.75) is 6.10 Å². The molecule has 1 rings (SSSR count). The van der Waals surface area contributed by atoms with Crippen LogP contribution in [0, 0.1) is 5.92 Å². The van der Waals surface area contributed by atoms with Gasteiger partial charge in [0.1, 0.15) is 0 Å². The fourth-order valence-corrected chi connectivity index (χ4v) is 0.586. The molecule has 0 radical (unpaired) electrons. The first-order valence-electron chi connectivity index (χ1n) is 2.41. The van der Waals surface area contributed by atoms with Crippen LogP contribution in [0.4, 0.5) is 0 Å². The molecule has 40 valence electrons. The maximum absolute atomic E-state index is 8.74. The van der Waals surface area contributed by atoms with Crippen LogP contribution in [-0.4, -0.2) is 17.8 Å². The summed E-state index contributed by atoms with van der Waals surface area (Å²) < 4.78 is 0. The van der Waals surface area contributed by atoms with E-state index in [1.807, 2.05) is 6.08 Å². The third-order valence-electron chi connectivity index (χ3n) is 1.27. The van der Waals surface area contributed by atoms with E-state index in [9.17, 15) is 0 Å². The van der Waals surface area contributed by atoms with Gasteiger partial charge in [0, 0.05) is 12.5 Å². The van der Waals surface area contributed by atoms with Crippen molar-refractivity contribution in [2.24, 2.45) is 11.7 Å². The van der Waals surface area contributed by atoms with E-state index in [2.05, 4.69) is 0 Å². The van der Waals surface area contributed by atoms with Gasteiger partial charge in [-0.05, 0) is 0 Å². The summed E-state index contributed by atoms with van der Waals surface area (Å²) >= 11 is 0. The van der Waals surface area contributed by atoms with Crippen LogP contribution in [-0.2, 0) is 0 Å². The van der Waals surface area contributed by atoms with Gasteiger partial charge in [-0.2, -0.15) is 0 Å². The maximum Gasteiger partial charge on any atom is 0.0795 e. The number of hydrogen-bond acceptors (Lipinski definition) is 2. The molecular weight excluding hydrogens is 90.1 g/mol. The molecule has 0 spiro atoms. The van der Waals surface area contributed by atoms with Crippen molar-refractivity contribution in [1.29, 1.82) is 0 Å². The van der Waals surface area contributed by atoms with Crippen molar-refractivity contribution in [3.8, 4) is 0 Å². The molecule has 2 atom stereocenters. The Hall–Kier alpha value is -0.340. The van der Waals surface area contributed by atoms with Gasteiger partial charge in [0.05, 0.1) is 6.10 Å². The summed E-state index contributed by atoms with van der Waals surface area (Å²) in [5.41, 5.74) is 5.21. The van der Waals surface area contributed by atoms with Crippen LogP contribution in [0.1, 0.15) is 0 Å². The first-order valence-corrected chi connectivity index (χ1v) is 2.41. The molecule has 0 heterocycles. The maximum atomic E-state index is 8.74. The molecule has 2 heteroatoms. The zero-order valence-corrected chi connectivity index (χ0v) is 4.04. The van der Waals surface area contributed by atoms with E-state index < -0.39 is 0 Å². The molecule has 0 aliphatic heterocycles. The van der Waals surface area contributed by atoms with Crippen molar-refractivity contribution in [3.05, 3.63) is 12.2 Å². The Kier molecular flexibility index (Phi) is 1.13. The van der Waals surface area contributed by atoms with E-state index in [4.69, 9.17) is 10.8 Å². The normalized spacial score (nSPS) is 38.0. The molecule has 2 nitrogen and oxygen atoms in total. The van der Waals surface area contributed by atoms with E-state index in [1.165, 1.54) is 0 Å². The molecule has 7 heavy (non-hydrogen) atoms. The van der Waals surface area contributed by atoms with Gasteiger partial charge in [-0.15, -0.1) is 0 Å². The monoisotopic (exact) mass is 99.1 g/mol. The lowest BCUT2D eigenvalue weighted by Gasteiger charge is -2.22. The molecule has 0 bridgehead atoms. The first kappa shape index (κ1) is 4.81. The Labute approximate surface area is 42.6 Å². The molecular formula is C5H9NO. The van der Waals surface area contributed by atoms with Gasteiger partial charge in [-0.1, -0.05) is 12.2 Å². The van der Waals surface area contributed by atoms with Crippen LogP contribution in [0.2, 0.25) is 0 Å². The smallest absolute Gasteiger partial charge is 0.0795 e. The van der Waals surface area contributed by atoms with Gasteiger partial charge in [-0.3, -0.25) is 0 Å². The van der Waals surface area contributed by atoms with Crippen molar-refractivity contribution < 1.29 is 5.11 Å². The predicted octanol–water partition coefficient (Wildman–Crippen LogP) is -0.508. The lowest BCUT2D eigenvalue weighted by molar-refractivity contribution is 0.158. The molecule has 1 aliphatic carbocycles. The highest BCUT2D eigenvalue weighted by Gasteiger charge is 2.18. The predicted molar refractivity (Wildman–Crippen MR) is 27.7 cm³/mol. The minimum absolute atomic E-state index is 0.236. The third kappa shape index (κ3) is 0.667. The Morgan fingerprint density at radius 1 is 1.57 bits per heavy atom. The van der Waals surface area contributed by atoms with Crippen LogP contribution < -0.4 is 5.73 Å². The Morgan fingerprint density at radius 3 is 2.29 bits per heavy atom. The van der Waals surface area contributed by atoms with Crippen molar-refractivity contribution in [2.75, 3.05) is 6.54 Å². The molecule has 0 aromatic carbocycles. The van der Waals surface area contributed by atoms with Crippen molar-refractivity contribution >= 4 is 0 Å². The Bertz CT molecular complexity index is 90.1. The van der Waals surface area contributed by atoms with Crippen LogP contribution in [0.3, 0.4) is 0 Å². The van der Waals surface area contributed by atoms with Gasteiger partial charge in [-0.25, -0.2) is 0 Å².